The van der Waals surface area contributed by atoms with Crippen LogP contribution in [0.2, 0.25) is 0 Å². The monoisotopic (exact) mass is 367 g/mol. The number of carbonyl (C=O) groups excluding carboxylic acids is 1. The molecule has 25 heavy (non-hydrogen) atoms. The highest BCUT2D eigenvalue weighted by Gasteiger charge is 2.30. The molecule has 4 N–H and O–H groups in total. The van der Waals surface area contributed by atoms with Gasteiger partial charge in [0.15, 0.2) is 0 Å². The van der Waals surface area contributed by atoms with Gasteiger partial charge in [-0.15, -0.1) is 0 Å². The van der Waals surface area contributed by atoms with E-state index in [1.165, 1.54) is 13.2 Å². The highest BCUT2D eigenvalue weighted by molar-refractivity contribution is 7.89. The van der Waals surface area contributed by atoms with Crippen molar-refractivity contribution in [1.82, 2.24) is 4.72 Å². The van der Waals surface area contributed by atoms with E-state index in [0.717, 1.165) is 32.1 Å². The van der Waals surface area contributed by atoms with Crippen LogP contribution in [0.15, 0.2) is 23.1 Å². The smallest absolute Gasteiger partial charge is 0.244 e. The van der Waals surface area contributed by atoms with Gasteiger partial charge in [-0.3, -0.25) is 4.79 Å². The first-order valence-corrected chi connectivity index (χ1v) is 10.1. The van der Waals surface area contributed by atoms with Gasteiger partial charge in [0.2, 0.25) is 15.9 Å². The Hall–Kier alpha value is -1.64. The first-order valence-electron chi connectivity index (χ1n) is 8.65. The Balaban J connectivity index is 1.73. The summed E-state index contributed by atoms with van der Waals surface area (Å²) in [6.07, 6.45) is 5.02. The Morgan fingerprint density at radius 1 is 1.28 bits per heavy atom. The fraction of sp³-hybridized carbons (Fsp3) is 0.588. The lowest BCUT2D eigenvalue weighted by molar-refractivity contribution is -0.117. The lowest BCUT2D eigenvalue weighted by Gasteiger charge is -2.16. The molecule has 1 amide bonds. The fourth-order valence-corrected chi connectivity index (χ4v) is 4.72. The summed E-state index contributed by atoms with van der Waals surface area (Å²) < 4.78 is 32.8. The number of amides is 1. The van der Waals surface area contributed by atoms with E-state index in [4.69, 9.17) is 10.5 Å². The first-order chi connectivity index (χ1) is 11.9. The summed E-state index contributed by atoms with van der Waals surface area (Å²) in [6.45, 7) is 0. The second kappa shape index (κ2) is 7.31. The summed E-state index contributed by atoms with van der Waals surface area (Å²) in [6, 6.07) is 4.70. The van der Waals surface area contributed by atoms with E-state index in [2.05, 4.69) is 10.0 Å². The minimum Gasteiger partial charge on any atom is -0.495 e. The van der Waals surface area contributed by atoms with E-state index in [1.807, 2.05) is 0 Å². The molecule has 138 valence electrons. The standard InChI is InChI=1S/C17H25N3O4S/c1-24-15-8-7-13(10-16(15)25(22,23)20-12-5-6-12)19-17(21)9-11-3-2-4-14(11)18/h7-8,10-12,14,20H,2-6,9,18H2,1H3,(H,19,21)/t11-,14+/m0/s1. The normalized spacial score (nSPS) is 23.4. The Morgan fingerprint density at radius 2 is 2.04 bits per heavy atom. The second-order valence-corrected chi connectivity index (χ2v) is 8.55. The third kappa shape index (κ3) is 4.50. The van der Waals surface area contributed by atoms with Crippen LogP contribution in [-0.4, -0.2) is 33.5 Å². The zero-order chi connectivity index (χ0) is 18.0. The third-order valence-corrected chi connectivity index (χ3v) is 6.34. The van der Waals surface area contributed by atoms with Crippen LogP contribution in [0.3, 0.4) is 0 Å². The highest BCUT2D eigenvalue weighted by Crippen LogP contribution is 2.31. The predicted octanol–water partition coefficient (Wildman–Crippen LogP) is 1.59. The number of sulfonamides is 1. The Bertz CT molecular complexity index is 746. The summed E-state index contributed by atoms with van der Waals surface area (Å²) in [5.74, 6) is 0.299. The van der Waals surface area contributed by atoms with Crippen LogP contribution >= 0.6 is 0 Å². The zero-order valence-electron chi connectivity index (χ0n) is 14.3. The molecule has 7 nitrogen and oxygen atoms in total. The average Bonchev–Trinajstić information content (AvgIpc) is 3.28. The van der Waals surface area contributed by atoms with Gasteiger partial charge in [-0.25, -0.2) is 13.1 Å². The number of carbonyl (C=O) groups is 1. The lowest BCUT2D eigenvalue weighted by Crippen LogP contribution is -2.28. The van der Waals surface area contributed by atoms with Crippen molar-refractivity contribution < 1.29 is 17.9 Å². The van der Waals surface area contributed by atoms with Gasteiger partial charge in [-0.05, 0) is 49.8 Å². The van der Waals surface area contributed by atoms with Crippen molar-refractivity contribution in [2.75, 3.05) is 12.4 Å². The molecule has 2 atom stereocenters. The van der Waals surface area contributed by atoms with Gasteiger partial charge in [-0.2, -0.15) is 0 Å². The van der Waals surface area contributed by atoms with Crippen LogP contribution in [0.25, 0.3) is 0 Å². The van der Waals surface area contributed by atoms with Crippen LogP contribution < -0.4 is 20.5 Å². The van der Waals surface area contributed by atoms with Gasteiger partial charge < -0.3 is 15.8 Å². The summed E-state index contributed by atoms with van der Waals surface area (Å²) in [4.78, 5) is 12.3. The zero-order valence-corrected chi connectivity index (χ0v) is 15.1. The number of rotatable bonds is 7. The van der Waals surface area contributed by atoms with Crippen LogP contribution in [-0.2, 0) is 14.8 Å². The maximum atomic E-state index is 12.5. The van der Waals surface area contributed by atoms with Gasteiger partial charge in [-0.1, -0.05) is 6.42 Å². The minimum atomic E-state index is -3.68. The van der Waals surface area contributed by atoms with Crippen molar-refractivity contribution in [2.45, 2.75) is 55.5 Å². The molecule has 0 bridgehead atoms. The molecule has 2 fully saturated rings. The molecule has 2 saturated carbocycles. The van der Waals surface area contributed by atoms with E-state index in [-0.39, 0.29) is 34.6 Å². The molecule has 8 heteroatoms. The lowest BCUT2D eigenvalue weighted by atomic mass is 10.00. The Morgan fingerprint density at radius 3 is 2.64 bits per heavy atom. The molecular weight excluding hydrogens is 342 g/mol. The number of nitrogens with one attached hydrogen (secondary N) is 2. The number of anilines is 1. The first kappa shape index (κ1) is 18.2. The molecule has 0 aromatic heterocycles. The molecule has 0 aliphatic heterocycles. The average molecular weight is 367 g/mol. The molecule has 0 spiro atoms. The number of nitrogens with two attached hydrogens (primary N) is 1. The molecule has 0 radical (unpaired) electrons. The summed E-state index contributed by atoms with van der Waals surface area (Å²) in [5, 5.41) is 2.78. The maximum Gasteiger partial charge on any atom is 0.244 e. The van der Waals surface area contributed by atoms with Crippen molar-refractivity contribution in [1.29, 1.82) is 0 Å². The quantitative estimate of drug-likeness (QED) is 0.678. The van der Waals surface area contributed by atoms with Crippen molar-refractivity contribution in [3.8, 4) is 5.75 Å². The second-order valence-electron chi connectivity index (χ2n) is 6.87. The van der Waals surface area contributed by atoms with Gasteiger partial charge in [0.05, 0.1) is 7.11 Å². The number of methoxy groups -OCH3 is 1. The van der Waals surface area contributed by atoms with Crippen molar-refractivity contribution >= 4 is 21.6 Å². The van der Waals surface area contributed by atoms with Gasteiger partial charge in [0.25, 0.3) is 0 Å². The van der Waals surface area contributed by atoms with E-state index < -0.39 is 10.0 Å². The van der Waals surface area contributed by atoms with E-state index in [0.29, 0.717) is 12.1 Å². The number of hydrogen-bond acceptors (Lipinski definition) is 5. The van der Waals surface area contributed by atoms with Crippen LogP contribution in [0.5, 0.6) is 5.75 Å². The fourth-order valence-electron chi connectivity index (χ4n) is 3.22. The predicted molar refractivity (Wildman–Crippen MR) is 94.9 cm³/mol. The van der Waals surface area contributed by atoms with Gasteiger partial charge >= 0.3 is 0 Å². The third-order valence-electron chi connectivity index (χ3n) is 4.80. The van der Waals surface area contributed by atoms with Crippen LogP contribution in [0, 0.1) is 5.92 Å². The van der Waals surface area contributed by atoms with E-state index in [1.54, 1.807) is 12.1 Å². The summed E-state index contributed by atoms with van der Waals surface area (Å²) in [7, 11) is -2.25. The number of benzene rings is 1. The molecule has 2 aliphatic rings. The Kier molecular flexibility index (Phi) is 5.31. The number of ether oxygens (including phenoxy) is 1. The highest BCUT2D eigenvalue weighted by atomic mass is 32.2. The molecule has 2 aliphatic carbocycles. The molecule has 0 unspecified atom stereocenters. The molecule has 1 aromatic rings. The largest absolute Gasteiger partial charge is 0.495 e. The summed E-state index contributed by atoms with van der Waals surface area (Å²) in [5.41, 5.74) is 6.45. The topological polar surface area (TPSA) is 111 Å². The van der Waals surface area contributed by atoms with Gasteiger partial charge in [0.1, 0.15) is 10.6 Å². The van der Waals surface area contributed by atoms with Crippen molar-refractivity contribution in [3.05, 3.63) is 18.2 Å². The molecule has 1 aromatic carbocycles. The van der Waals surface area contributed by atoms with Gasteiger partial charge in [0, 0.05) is 24.2 Å². The number of hydrogen-bond donors (Lipinski definition) is 3. The molecule has 0 saturated heterocycles. The molecular formula is C17H25N3O4S. The SMILES string of the molecule is COc1ccc(NC(=O)C[C@@H]2CCC[C@H]2N)cc1S(=O)(=O)NC1CC1. The molecule has 3 rings (SSSR count). The minimum absolute atomic E-state index is 0.00296. The summed E-state index contributed by atoms with van der Waals surface area (Å²) >= 11 is 0. The van der Waals surface area contributed by atoms with E-state index in [9.17, 15) is 13.2 Å². The maximum absolute atomic E-state index is 12.5. The van der Waals surface area contributed by atoms with E-state index >= 15 is 0 Å². The Labute approximate surface area is 148 Å². The molecule has 0 heterocycles. The van der Waals surface area contributed by atoms with Crippen LogP contribution in [0.4, 0.5) is 5.69 Å². The van der Waals surface area contributed by atoms with Crippen molar-refractivity contribution in [2.24, 2.45) is 11.7 Å². The van der Waals surface area contributed by atoms with Crippen LogP contribution in [0.1, 0.15) is 38.5 Å². The van der Waals surface area contributed by atoms with Crippen molar-refractivity contribution in [3.63, 3.8) is 0 Å².